The summed E-state index contributed by atoms with van der Waals surface area (Å²) in [5, 5.41) is 3.28. The number of rotatable bonds is 7. The number of aromatic nitrogens is 2. The largest absolute Gasteiger partial charge is 0.573 e. The lowest BCUT2D eigenvalue weighted by Crippen LogP contribution is -2.35. The number of hydrogen-bond acceptors (Lipinski definition) is 5. The van der Waals surface area contributed by atoms with Crippen molar-refractivity contribution >= 4 is 29.0 Å². The first-order chi connectivity index (χ1) is 16.3. The molecule has 1 aliphatic rings. The van der Waals surface area contributed by atoms with Gasteiger partial charge in [0.15, 0.2) is 6.29 Å². The molecular weight excluding hydrogens is 459 g/mol. The fourth-order valence-electron chi connectivity index (χ4n) is 5.60. The van der Waals surface area contributed by atoms with Crippen molar-refractivity contribution in [3.63, 3.8) is 0 Å². The SMILES string of the molecule is CC1(C)CC(n2c(Nc3ccc(OC(F)(F)F)cc3)nc3cc(OCC=O)ccc32)CC(C)(C)C1. The van der Waals surface area contributed by atoms with E-state index in [-0.39, 0.29) is 29.2 Å². The molecule has 1 heterocycles. The lowest BCUT2D eigenvalue weighted by molar-refractivity contribution is -0.274. The van der Waals surface area contributed by atoms with Crippen LogP contribution in [-0.2, 0) is 4.79 Å². The molecule has 188 valence electrons. The molecule has 0 aliphatic heterocycles. The van der Waals surface area contributed by atoms with Crippen LogP contribution in [0, 0.1) is 10.8 Å². The van der Waals surface area contributed by atoms with Gasteiger partial charge in [-0.25, -0.2) is 4.98 Å². The second kappa shape index (κ2) is 9.09. The van der Waals surface area contributed by atoms with Crippen molar-refractivity contribution < 1.29 is 27.4 Å². The number of anilines is 2. The van der Waals surface area contributed by atoms with Gasteiger partial charge in [0.05, 0.1) is 11.0 Å². The van der Waals surface area contributed by atoms with E-state index in [1.54, 1.807) is 6.07 Å². The van der Waals surface area contributed by atoms with Gasteiger partial charge in [-0.2, -0.15) is 0 Å². The van der Waals surface area contributed by atoms with Crippen LogP contribution >= 0.6 is 0 Å². The quantitative estimate of drug-likeness (QED) is 0.361. The van der Waals surface area contributed by atoms with Crippen LogP contribution in [0.3, 0.4) is 0 Å². The molecule has 1 N–H and O–H groups in total. The number of alkyl halides is 3. The molecule has 4 rings (SSSR count). The third kappa shape index (κ3) is 6.07. The second-order valence-electron chi connectivity index (χ2n) is 10.7. The topological polar surface area (TPSA) is 65.4 Å². The lowest BCUT2D eigenvalue weighted by atomic mass is 9.63. The molecule has 1 aliphatic carbocycles. The van der Waals surface area contributed by atoms with E-state index < -0.39 is 6.36 Å². The smallest absolute Gasteiger partial charge is 0.486 e. The van der Waals surface area contributed by atoms with Crippen molar-refractivity contribution in [3.8, 4) is 11.5 Å². The predicted molar refractivity (Wildman–Crippen MR) is 128 cm³/mol. The van der Waals surface area contributed by atoms with E-state index in [9.17, 15) is 18.0 Å². The molecule has 2 aromatic carbocycles. The number of carbonyl (C=O) groups is 1. The Balaban J connectivity index is 1.73. The molecule has 9 heteroatoms. The predicted octanol–water partition coefficient (Wildman–Crippen LogP) is 7.03. The summed E-state index contributed by atoms with van der Waals surface area (Å²) in [7, 11) is 0. The van der Waals surface area contributed by atoms with Crippen LogP contribution < -0.4 is 14.8 Å². The van der Waals surface area contributed by atoms with Gasteiger partial charge in [0, 0.05) is 17.8 Å². The molecule has 0 bridgehead atoms. The van der Waals surface area contributed by atoms with E-state index in [0.717, 1.165) is 24.8 Å². The number of benzene rings is 2. The van der Waals surface area contributed by atoms with Gasteiger partial charge in [-0.3, -0.25) is 4.79 Å². The van der Waals surface area contributed by atoms with E-state index in [0.29, 0.717) is 29.2 Å². The van der Waals surface area contributed by atoms with Gasteiger partial charge in [0.25, 0.3) is 0 Å². The summed E-state index contributed by atoms with van der Waals surface area (Å²) in [6, 6.07) is 11.3. The van der Waals surface area contributed by atoms with E-state index in [4.69, 9.17) is 9.72 Å². The van der Waals surface area contributed by atoms with E-state index in [2.05, 4.69) is 42.3 Å². The number of nitrogens with one attached hydrogen (secondary N) is 1. The Morgan fingerprint density at radius 3 is 2.29 bits per heavy atom. The zero-order valence-corrected chi connectivity index (χ0v) is 20.3. The minimum Gasteiger partial charge on any atom is -0.486 e. The maximum absolute atomic E-state index is 12.5. The van der Waals surface area contributed by atoms with Gasteiger partial charge in [0.1, 0.15) is 18.1 Å². The third-order valence-electron chi connectivity index (χ3n) is 6.22. The Morgan fingerprint density at radius 1 is 1.06 bits per heavy atom. The minimum absolute atomic E-state index is 0.0470. The van der Waals surface area contributed by atoms with Gasteiger partial charge in [-0.15, -0.1) is 13.2 Å². The molecule has 3 aromatic rings. The van der Waals surface area contributed by atoms with Crippen LogP contribution in [0.5, 0.6) is 11.5 Å². The number of halogens is 3. The Kier molecular flexibility index (Phi) is 6.46. The highest BCUT2D eigenvalue weighted by molar-refractivity contribution is 5.81. The average Bonchev–Trinajstić information content (AvgIpc) is 3.07. The van der Waals surface area contributed by atoms with Gasteiger partial charge >= 0.3 is 6.36 Å². The first kappa shape index (κ1) is 24.9. The summed E-state index contributed by atoms with van der Waals surface area (Å²) in [6.07, 6.45) is -1.03. The summed E-state index contributed by atoms with van der Waals surface area (Å²) < 4.78 is 49.2. The summed E-state index contributed by atoms with van der Waals surface area (Å²) >= 11 is 0. The Labute approximate surface area is 202 Å². The zero-order chi connectivity index (χ0) is 25.4. The van der Waals surface area contributed by atoms with Gasteiger partial charge in [-0.05, 0) is 66.5 Å². The molecule has 0 unspecified atom stereocenters. The van der Waals surface area contributed by atoms with Crippen molar-refractivity contribution in [1.29, 1.82) is 0 Å². The van der Waals surface area contributed by atoms with Crippen molar-refractivity contribution in [1.82, 2.24) is 9.55 Å². The first-order valence-electron chi connectivity index (χ1n) is 11.6. The molecule has 1 aromatic heterocycles. The van der Waals surface area contributed by atoms with E-state index in [1.807, 2.05) is 12.1 Å². The fourth-order valence-corrected chi connectivity index (χ4v) is 5.60. The number of carbonyl (C=O) groups excluding carboxylic acids is 1. The summed E-state index contributed by atoms with van der Waals surface area (Å²) in [6.45, 7) is 9.06. The highest BCUT2D eigenvalue weighted by Gasteiger charge is 2.40. The molecule has 0 saturated heterocycles. The highest BCUT2D eigenvalue weighted by atomic mass is 19.4. The monoisotopic (exact) mass is 489 g/mol. The Hall–Kier alpha value is -3.23. The fraction of sp³-hybridized carbons (Fsp3) is 0.462. The van der Waals surface area contributed by atoms with E-state index >= 15 is 0 Å². The normalized spacial score (nSPS) is 17.8. The number of imidazole rings is 1. The maximum Gasteiger partial charge on any atom is 0.573 e. The molecule has 0 radical (unpaired) electrons. The second-order valence-corrected chi connectivity index (χ2v) is 10.7. The highest BCUT2D eigenvalue weighted by Crippen LogP contribution is 2.51. The molecule has 1 fully saturated rings. The molecule has 0 spiro atoms. The Morgan fingerprint density at radius 2 is 1.69 bits per heavy atom. The van der Waals surface area contributed by atoms with Gasteiger partial charge in [0.2, 0.25) is 5.95 Å². The van der Waals surface area contributed by atoms with Crippen LogP contribution in [0.2, 0.25) is 0 Å². The van der Waals surface area contributed by atoms with Crippen LogP contribution in [0.4, 0.5) is 24.8 Å². The maximum atomic E-state index is 12.5. The van der Waals surface area contributed by atoms with Crippen molar-refractivity contribution in [2.24, 2.45) is 10.8 Å². The van der Waals surface area contributed by atoms with Gasteiger partial charge < -0.3 is 19.4 Å². The molecule has 35 heavy (non-hydrogen) atoms. The van der Waals surface area contributed by atoms with Crippen LogP contribution in [-0.4, -0.2) is 28.8 Å². The number of hydrogen-bond donors (Lipinski definition) is 1. The minimum atomic E-state index is -4.74. The number of fused-ring (bicyclic) bond motifs is 1. The van der Waals surface area contributed by atoms with Gasteiger partial charge in [-0.1, -0.05) is 27.7 Å². The summed E-state index contributed by atoms with van der Waals surface area (Å²) in [5.74, 6) is 0.846. The molecule has 1 saturated carbocycles. The molecule has 0 amide bonds. The Bertz CT molecular complexity index is 1180. The van der Waals surface area contributed by atoms with Crippen LogP contribution in [0.25, 0.3) is 11.0 Å². The van der Waals surface area contributed by atoms with Crippen LogP contribution in [0.15, 0.2) is 42.5 Å². The average molecular weight is 490 g/mol. The van der Waals surface area contributed by atoms with E-state index in [1.165, 1.54) is 24.3 Å². The molecule has 6 nitrogen and oxygen atoms in total. The number of aldehydes is 1. The van der Waals surface area contributed by atoms with Crippen molar-refractivity contribution in [3.05, 3.63) is 42.5 Å². The van der Waals surface area contributed by atoms with Crippen LogP contribution in [0.1, 0.15) is 53.0 Å². The first-order valence-corrected chi connectivity index (χ1v) is 11.6. The summed E-state index contributed by atoms with van der Waals surface area (Å²) in [5.41, 5.74) is 2.46. The summed E-state index contributed by atoms with van der Waals surface area (Å²) in [4.78, 5) is 15.5. The third-order valence-corrected chi connectivity index (χ3v) is 6.22. The molecule has 0 atom stereocenters. The van der Waals surface area contributed by atoms with Crippen molar-refractivity contribution in [2.45, 2.75) is 59.4 Å². The number of nitrogens with zero attached hydrogens (tertiary/aromatic N) is 2. The lowest BCUT2D eigenvalue weighted by Gasteiger charge is -2.45. The van der Waals surface area contributed by atoms with Crippen molar-refractivity contribution in [2.75, 3.05) is 11.9 Å². The molecular formula is C26H30F3N3O3. The number of ether oxygens (including phenoxy) is 2. The standard InChI is InChI=1S/C26H30F3N3O3/c1-24(2)14-18(15-25(3,4)16-24)32-22-10-9-20(34-12-11-33)13-21(22)31-23(32)30-17-5-7-19(8-6-17)35-26(27,28)29/h5-11,13,18H,12,14-16H2,1-4H3,(H,30,31). The zero-order valence-electron chi connectivity index (χ0n) is 20.3.